The molecule has 0 saturated heterocycles. The van der Waals surface area contributed by atoms with Crippen molar-refractivity contribution < 1.29 is 0 Å². The third-order valence-electron chi connectivity index (χ3n) is 3.35. The number of aromatic nitrogens is 3. The molecular formula is C14H27N3S. The lowest BCUT2D eigenvalue weighted by Crippen LogP contribution is -1.99. The summed E-state index contributed by atoms with van der Waals surface area (Å²) in [7, 11) is 0. The lowest BCUT2D eigenvalue weighted by Gasteiger charge is -2.03. The van der Waals surface area contributed by atoms with Crippen molar-refractivity contribution in [1.82, 2.24) is 14.8 Å². The minimum Gasteiger partial charge on any atom is -0.286 e. The van der Waals surface area contributed by atoms with Crippen LogP contribution in [0.4, 0.5) is 0 Å². The molecule has 3 nitrogen and oxygen atoms in total. The molecule has 1 rings (SSSR count). The molecule has 0 aliphatic rings. The number of aromatic amines is 1. The van der Waals surface area contributed by atoms with Gasteiger partial charge in [-0.05, 0) is 18.6 Å². The number of H-pyrrole nitrogens is 1. The Kier molecular flexibility index (Phi) is 8.82. The van der Waals surface area contributed by atoms with Crippen LogP contribution < -0.4 is 0 Å². The Morgan fingerprint density at radius 2 is 1.56 bits per heavy atom. The Labute approximate surface area is 116 Å². The van der Waals surface area contributed by atoms with E-state index in [1.54, 1.807) is 6.33 Å². The van der Waals surface area contributed by atoms with E-state index >= 15 is 0 Å². The average molecular weight is 269 g/mol. The molecule has 0 amide bonds. The van der Waals surface area contributed by atoms with E-state index in [0.717, 1.165) is 6.54 Å². The van der Waals surface area contributed by atoms with Crippen LogP contribution >= 0.6 is 12.2 Å². The first-order valence-electron chi connectivity index (χ1n) is 7.45. The Bertz CT molecular complexity index is 343. The van der Waals surface area contributed by atoms with Crippen LogP contribution in [0, 0.1) is 4.77 Å². The van der Waals surface area contributed by atoms with Gasteiger partial charge in [-0.25, -0.2) is 4.98 Å². The van der Waals surface area contributed by atoms with Crippen LogP contribution in [0.5, 0.6) is 0 Å². The Hall–Kier alpha value is -0.640. The van der Waals surface area contributed by atoms with Crippen molar-refractivity contribution in [2.24, 2.45) is 0 Å². The lowest BCUT2D eigenvalue weighted by atomic mass is 10.1. The van der Waals surface area contributed by atoms with Crippen LogP contribution in [-0.2, 0) is 6.54 Å². The van der Waals surface area contributed by atoms with Crippen LogP contribution in [0.25, 0.3) is 0 Å². The zero-order valence-corrected chi connectivity index (χ0v) is 12.5. The maximum absolute atomic E-state index is 5.08. The summed E-state index contributed by atoms with van der Waals surface area (Å²) in [5, 5.41) is 3.04. The molecule has 0 spiro atoms. The molecule has 0 aliphatic heterocycles. The van der Waals surface area contributed by atoms with Crippen molar-refractivity contribution in [3.8, 4) is 0 Å². The van der Waals surface area contributed by atoms with E-state index < -0.39 is 0 Å². The molecule has 1 heterocycles. The number of unbranched alkanes of at least 4 members (excludes halogenated alkanes) is 9. The van der Waals surface area contributed by atoms with Crippen molar-refractivity contribution >= 4 is 12.2 Å². The van der Waals surface area contributed by atoms with E-state index in [1.807, 2.05) is 4.68 Å². The van der Waals surface area contributed by atoms with Gasteiger partial charge < -0.3 is 0 Å². The van der Waals surface area contributed by atoms with E-state index in [9.17, 15) is 0 Å². The predicted molar refractivity (Wildman–Crippen MR) is 79.3 cm³/mol. The van der Waals surface area contributed by atoms with Crippen LogP contribution in [0.1, 0.15) is 71.1 Å². The second-order valence-corrected chi connectivity index (χ2v) is 5.37. The number of hydrogen-bond donors (Lipinski definition) is 1. The summed E-state index contributed by atoms with van der Waals surface area (Å²) in [5.41, 5.74) is 0. The molecule has 0 atom stereocenters. The fourth-order valence-electron chi connectivity index (χ4n) is 2.20. The zero-order chi connectivity index (χ0) is 13.1. The molecule has 1 aromatic rings. The van der Waals surface area contributed by atoms with Gasteiger partial charge in [0.05, 0.1) is 0 Å². The molecule has 4 heteroatoms. The summed E-state index contributed by atoms with van der Waals surface area (Å²) < 4.78 is 2.62. The van der Waals surface area contributed by atoms with Crippen LogP contribution in [-0.4, -0.2) is 14.8 Å². The fraction of sp³-hybridized carbons (Fsp3) is 0.857. The van der Waals surface area contributed by atoms with E-state index in [1.165, 1.54) is 64.2 Å². The summed E-state index contributed by atoms with van der Waals surface area (Å²) in [4.78, 5) is 4.00. The van der Waals surface area contributed by atoms with Crippen molar-refractivity contribution in [2.45, 2.75) is 77.7 Å². The molecule has 104 valence electrons. The molecule has 0 aliphatic carbocycles. The Morgan fingerprint density at radius 3 is 2.06 bits per heavy atom. The molecule has 1 N–H and O–H groups in total. The molecular weight excluding hydrogens is 242 g/mol. The predicted octanol–water partition coefficient (Wildman–Crippen LogP) is 4.86. The van der Waals surface area contributed by atoms with Gasteiger partial charge in [-0.15, -0.1) is 0 Å². The lowest BCUT2D eigenvalue weighted by molar-refractivity contribution is 0.512. The van der Waals surface area contributed by atoms with E-state index in [4.69, 9.17) is 12.2 Å². The highest BCUT2D eigenvalue weighted by Gasteiger charge is 1.95. The second kappa shape index (κ2) is 10.3. The summed E-state index contributed by atoms with van der Waals surface area (Å²) in [6.45, 7) is 3.25. The highest BCUT2D eigenvalue weighted by Crippen LogP contribution is 2.10. The minimum absolute atomic E-state index is 0.672. The Morgan fingerprint density at radius 1 is 1.00 bits per heavy atom. The van der Waals surface area contributed by atoms with Crippen molar-refractivity contribution in [2.75, 3.05) is 0 Å². The topological polar surface area (TPSA) is 33.6 Å². The average Bonchev–Trinajstić information content (AvgIpc) is 2.77. The van der Waals surface area contributed by atoms with Gasteiger partial charge in [0.1, 0.15) is 6.33 Å². The third-order valence-corrected chi connectivity index (χ3v) is 3.68. The van der Waals surface area contributed by atoms with Gasteiger partial charge in [-0.1, -0.05) is 64.7 Å². The number of aryl methyl sites for hydroxylation is 1. The molecule has 0 radical (unpaired) electrons. The standard InChI is InChI=1S/C14H27N3S/c1-2-3-4-5-6-7-8-9-10-11-12-17-14(18)15-13-16-17/h13H,2-12H2,1H3,(H,15,16,18). The zero-order valence-electron chi connectivity index (χ0n) is 11.7. The van der Waals surface area contributed by atoms with E-state index in [2.05, 4.69) is 17.0 Å². The second-order valence-electron chi connectivity index (χ2n) is 5.00. The molecule has 1 aromatic heterocycles. The maximum Gasteiger partial charge on any atom is 0.215 e. The van der Waals surface area contributed by atoms with Gasteiger partial charge in [0.15, 0.2) is 0 Å². The normalized spacial score (nSPS) is 10.9. The van der Waals surface area contributed by atoms with Gasteiger partial charge in [-0.2, -0.15) is 0 Å². The summed E-state index contributed by atoms with van der Waals surface area (Å²) in [5.74, 6) is 0. The van der Waals surface area contributed by atoms with Gasteiger partial charge in [0, 0.05) is 6.54 Å². The summed E-state index contributed by atoms with van der Waals surface area (Å²) >= 11 is 5.08. The molecule has 0 bridgehead atoms. The van der Waals surface area contributed by atoms with Gasteiger partial charge >= 0.3 is 0 Å². The molecule has 0 fully saturated rings. The highest BCUT2D eigenvalue weighted by molar-refractivity contribution is 7.71. The van der Waals surface area contributed by atoms with Gasteiger partial charge in [0.2, 0.25) is 4.77 Å². The quantitative estimate of drug-likeness (QED) is 0.459. The number of nitrogens with one attached hydrogen (secondary N) is 1. The van der Waals surface area contributed by atoms with Crippen LogP contribution in [0.15, 0.2) is 6.33 Å². The molecule has 0 saturated carbocycles. The number of rotatable bonds is 11. The highest BCUT2D eigenvalue weighted by atomic mass is 32.1. The molecule has 18 heavy (non-hydrogen) atoms. The van der Waals surface area contributed by atoms with Gasteiger partial charge in [-0.3, -0.25) is 9.78 Å². The first kappa shape index (κ1) is 15.4. The van der Waals surface area contributed by atoms with Crippen molar-refractivity contribution in [3.63, 3.8) is 0 Å². The van der Waals surface area contributed by atoms with E-state index in [-0.39, 0.29) is 0 Å². The van der Waals surface area contributed by atoms with Crippen molar-refractivity contribution in [1.29, 1.82) is 0 Å². The maximum atomic E-state index is 5.08. The first-order valence-corrected chi connectivity index (χ1v) is 7.85. The molecule has 0 aromatic carbocycles. The Balaban J connectivity index is 1.84. The van der Waals surface area contributed by atoms with Gasteiger partial charge in [0.25, 0.3) is 0 Å². The third kappa shape index (κ3) is 6.94. The fourth-order valence-corrected chi connectivity index (χ4v) is 2.39. The monoisotopic (exact) mass is 269 g/mol. The minimum atomic E-state index is 0.672. The smallest absolute Gasteiger partial charge is 0.215 e. The van der Waals surface area contributed by atoms with Crippen LogP contribution in [0.2, 0.25) is 0 Å². The first-order chi connectivity index (χ1) is 8.84. The summed E-state index contributed by atoms with van der Waals surface area (Å²) in [6, 6.07) is 0. The molecule has 0 unspecified atom stereocenters. The summed E-state index contributed by atoms with van der Waals surface area (Å²) in [6.07, 6.45) is 15.3. The number of nitrogens with zero attached hydrogens (tertiary/aromatic N) is 2. The van der Waals surface area contributed by atoms with E-state index in [0.29, 0.717) is 4.77 Å². The van der Waals surface area contributed by atoms with Crippen LogP contribution in [0.3, 0.4) is 0 Å². The largest absolute Gasteiger partial charge is 0.286 e. The van der Waals surface area contributed by atoms with Crippen molar-refractivity contribution in [3.05, 3.63) is 11.1 Å². The SMILES string of the molecule is CCCCCCCCCCCCn1[nH]cnc1=S. The number of hydrogen-bond acceptors (Lipinski definition) is 2.